The number of para-hydroxylation sites is 1. The summed E-state index contributed by atoms with van der Waals surface area (Å²) in [6, 6.07) is 7.37. The van der Waals surface area contributed by atoms with Gasteiger partial charge in [-0.3, -0.25) is 4.79 Å². The molecule has 2 aromatic rings. The Morgan fingerprint density at radius 1 is 1.33 bits per heavy atom. The predicted molar refractivity (Wildman–Crippen MR) is 87.7 cm³/mol. The minimum absolute atomic E-state index is 0.0306. The molecular weight excluding hydrogens is 330 g/mol. The number of hydrogen-bond donors (Lipinski definition) is 0. The largest absolute Gasteiger partial charge is 0.356 e. The number of carbonyl (C=O) groups excluding carboxylic acids is 1. The van der Waals surface area contributed by atoms with Crippen molar-refractivity contribution in [2.24, 2.45) is 5.92 Å². The molecule has 0 N–H and O–H groups in total. The lowest BCUT2D eigenvalue weighted by Gasteiger charge is -2.22. The second kappa shape index (κ2) is 5.56. The molecule has 3 heterocycles. The second-order valence-corrected chi connectivity index (χ2v) is 8.53. The van der Waals surface area contributed by atoms with Gasteiger partial charge in [0.2, 0.25) is 15.9 Å². The summed E-state index contributed by atoms with van der Waals surface area (Å²) in [5.41, 5.74) is 1.30. The van der Waals surface area contributed by atoms with Crippen LogP contribution in [0.4, 0.5) is 0 Å². The molecule has 0 bridgehead atoms. The van der Waals surface area contributed by atoms with E-state index in [-0.39, 0.29) is 24.3 Å². The molecular formula is C16H19N3O4S. The lowest BCUT2D eigenvalue weighted by Crippen LogP contribution is -2.40. The summed E-state index contributed by atoms with van der Waals surface area (Å²) >= 11 is 0. The van der Waals surface area contributed by atoms with Crippen LogP contribution in [0.3, 0.4) is 0 Å². The number of rotatable bonds is 3. The number of carbonyl (C=O) groups is 1. The Balaban J connectivity index is 1.49. The molecule has 0 saturated carbocycles. The fourth-order valence-electron chi connectivity index (χ4n) is 3.86. The van der Waals surface area contributed by atoms with Crippen molar-refractivity contribution in [3.63, 3.8) is 0 Å². The molecule has 0 spiro atoms. The van der Waals surface area contributed by atoms with E-state index in [9.17, 15) is 13.2 Å². The van der Waals surface area contributed by atoms with Gasteiger partial charge in [0.1, 0.15) is 5.69 Å². The highest BCUT2D eigenvalue weighted by Crippen LogP contribution is 2.33. The zero-order valence-corrected chi connectivity index (χ0v) is 14.2. The van der Waals surface area contributed by atoms with Crippen molar-refractivity contribution in [2.45, 2.75) is 18.9 Å². The number of fused-ring (bicyclic) bond motifs is 2. The number of sulfonamides is 1. The van der Waals surface area contributed by atoms with E-state index < -0.39 is 10.0 Å². The summed E-state index contributed by atoms with van der Waals surface area (Å²) in [4.78, 5) is 14.4. The normalized spacial score (nSPS) is 24.6. The first-order chi connectivity index (χ1) is 11.4. The van der Waals surface area contributed by atoms with Crippen LogP contribution in [-0.2, 0) is 21.2 Å². The van der Waals surface area contributed by atoms with Crippen molar-refractivity contribution >= 4 is 26.9 Å². The molecule has 7 nitrogen and oxygen atoms in total. The Morgan fingerprint density at radius 2 is 2.12 bits per heavy atom. The average molecular weight is 349 g/mol. The van der Waals surface area contributed by atoms with Crippen molar-refractivity contribution in [1.29, 1.82) is 0 Å². The molecule has 2 atom stereocenters. The van der Waals surface area contributed by atoms with E-state index in [0.717, 1.165) is 11.8 Å². The molecule has 8 heteroatoms. The molecule has 0 unspecified atom stereocenters. The Morgan fingerprint density at radius 3 is 2.92 bits per heavy atom. The first-order valence-electron chi connectivity index (χ1n) is 8.01. The maximum Gasteiger partial charge on any atom is 0.228 e. The molecule has 1 amide bonds. The third-order valence-corrected chi connectivity index (χ3v) is 6.35. The number of amides is 1. The summed E-state index contributed by atoms with van der Waals surface area (Å²) in [5.74, 6) is 0.203. The van der Waals surface area contributed by atoms with Crippen LogP contribution in [0.1, 0.15) is 12.1 Å². The Kier molecular flexibility index (Phi) is 3.61. The molecule has 1 aromatic heterocycles. The van der Waals surface area contributed by atoms with Gasteiger partial charge >= 0.3 is 0 Å². The standard InChI is InChI=1S/C16H19N3O4S/c1-24(21,22)19-7-6-11-9-18(10-14(11)19)16(20)8-13-12-4-2-3-5-15(12)23-17-13/h2-5,11,14H,6-10H2,1H3/t11-,14+/m1/s1. The lowest BCUT2D eigenvalue weighted by atomic mass is 10.1. The van der Waals surface area contributed by atoms with Gasteiger partial charge in [0.05, 0.1) is 12.7 Å². The van der Waals surface area contributed by atoms with Gasteiger partial charge in [-0.1, -0.05) is 17.3 Å². The van der Waals surface area contributed by atoms with Crippen LogP contribution in [0.5, 0.6) is 0 Å². The molecule has 1 aromatic carbocycles. The Labute approximate surface area is 140 Å². The van der Waals surface area contributed by atoms with Gasteiger partial charge in [0.15, 0.2) is 5.58 Å². The summed E-state index contributed by atoms with van der Waals surface area (Å²) in [6.45, 7) is 1.64. The van der Waals surface area contributed by atoms with Crippen molar-refractivity contribution in [1.82, 2.24) is 14.4 Å². The third-order valence-electron chi connectivity index (χ3n) is 5.05. The van der Waals surface area contributed by atoms with E-state index >= 15 is 0 Å². The van der Waals surface area contributed by atoms with Crippen LogP contribution in [0, 0.1) is 5.92 Å². The molecule has 0 radical (unpaired) electrons. The minimum atomic E-state index is -3.22. The fraction of sp³-hybridized carbons (Fsp3) is 0.500. The summed E-state index contributed by atoms with van der Waals surface area (Å²) in [7, 11) is -3.22. The van der Waals surface area contributed by atoms with Gasteiger partial charge < -0.3 is 9.42 Å². The number of nitrogens with zero attached hydrogens (tertiary/aromatic N) is 3. The molecule has 0 aliphatic carbocycles. The van der Waals surface area contributed by atoms with Gasteiger partial charge in [-0.2, -0.15) is 4.31 Å². The highest BCUT2D eigenvalue weighted by Gasteiger charge is 2.46. The monoisotopic (exact) mass is 349 g/mol. The van der Waals surface area contributed by atoms with Crippen LogP contribution >= 0.6 is 0 Å². The first-order valence-corrected chi connectivity index (χ1v) is 9.86. The molecule has 2 aliphatic rings. The minimum Gasteiger partial charge on any atom is -0.356 e. The fourth-order valence-corrected chi connectivity index (χ4v) is 5.03. The molecule has 4 rings (SSSR count). The van der Waals surface area contributed by atoms with Crippen LogP contribution in [-0.4, -0.2) is 60.6 Å². The van der Waals surface area contributed by atoms with E-state index in [1.165, 1.54) is 10.6 Å². The zero-order valence-electron chi connectivity index (χ0n) is 13.4. The number of likely N-dealkylation sites (tertiary alicyclic amines) is 1. The summed E-state index contributed by atoms with van der Waals surface area (Å²) in [5, 5.41) is 4.85. The molecule has 24 heavy (non-hydrogen) atoms. The molecule has 2 aliphatic heterocycles. The number of aromatic nitrogens is 1. The summed E-state index contributed by atoms with van der Waals surface area (Å²) in [6.07, 6.45) is 2.23. The predicted octanol–water partition coefficient (Wildman–Crippen LogP) is 0.863. The highest BCUT2D eigenvalue weighted by molar-refractivity contribution is 7.88. The van der Waals surface area contributed by atoms with Crippen LogP contribution in [0.25, 0.3) is 11.0 Å². The third kappa shape index (κ3) is 2.59. The van der Waals surface area contributed by atoms with Crippen molar-refractivity contribution < 1.29 is 17.7 Å². The first kappa shape index (κ1) is 15.6. The van der Waals surface area contributed by atoms with Crippen LogP contribution in [0.15, 0.2) is 28.8 Å². The second-order valence-electron chi connectivity index (χ2n) is 6.59. The Hall–Kier alpha value is -1.93. The van der Waals surface area contributed by atoms with Gasteiger partial charge in [-0.05, 0) is 24.5 Å². The highest BCUT2D eigenvalue weighted by atomic mass is 32.2. The lowest BCUT2D eigenvalue weighted by molar-refractivity contribution is -0.129. The van der Waals surface area contributed by atoms with Crippen molar-refractivity contribution in [2.75, 3.05) is 25.9 Å². The van der Waals surface area contributed by atoms with Crippen LogP contribution in [0.2, 0.25) is 0 Å². The Bertz CT molecular complexity index is 892. The SMILES string of the molecule is CS(=O)(=O)N1CC[C@@H]2CN(C(=O)Cc3noc4ccccc34)C[C@@H]21. The quantitative estimate of drug-likeness (QED) is 0.821. The van der Waals surface area contributed by atoms with Gasteiger partial charge in [-0.25, -0.2) is 8.42 Å². The van der Waals surface area contributed by atoms with E-state index in [0.29, 0.717) is 30.9 Å². The van der Waals surface area contributed by atoms with Gasteiger partial charge in [0, 0.05) is 31.1 Å². The van der Waals surface area contributed by atoms with Crippen LogP contribution < -0.4 is 0 Å². The molecule has 2 fully saturated rings. The molecule has 128 valence electrons. The maximum atomic E-state index is 12.6. The van der Waals surface area contributed by atoms with E-state index in [4.69, 9.17) is 4.52 Å². The molecule has 2 saturated heterocycles. The topological polar surface area (TPSA) is 83.7 Å². The van der Waals surface area contributed by atoms with E-state index in [1.54, 1.807) is 4.90 Å². The van der Waals surface area contributed by atoms with Crippen molar-refractivity contribution in [3.8, 4) is 0 Å². The number of hydrogen-bond acceptors (Lipinski definition) is 5. The zero-order chi connectivity index (χ0) is 16.9. The average Bonchev–Trinajstić information content (AvgIpc) is 3.19. The van der Waals surface area contributed by atoms with Crippen molar-refractivity contribution in [3.05, 3.63) is 30.0 Å². The van der Waals surface area contributed by atoms with E-state index in [1.807, 2.05) is 24.3 Å². The van der Waals surface area contributed by atoms with Gasteiger partial charge in [-0.15, -0.1) is 0 Å². The maximum absolute atomic E-state index is 12.6. The van der Waals surface area contributed by atoms with E-state index in [2.05, 4.69) is 5.16 Å². The number of benzene rings is 1. The van der Waals surface area contributed by atoms with Gasteiger partial charge in [0.25, 0.3) is 0 Å². The summed E-state index contributed by atoms with van der Waals surface area (Å²) < 4.78 is 30.5. The smallest absolute Gasteiger partial charge is 0.228 e.